The van der Waals surface area contributed by atoms with Crippen LogP contribution in [0.2, 0.25) is 0 Å². The Kier molecular flexibility index (Phi) is 6.00. The number of carbonyl (C=O) groups is 1. The molecule has 0 bridgehead atoms. The molecular weight excluding hydrogens is 324 g/mol. The number of hydrogen-bond donors (Lipinski definition) is 3. The minimum absolute atomic E-state index is 0.127. The molecule has 1 unspecified atom stereocenters. The van der Waals surface area contributed by atoms with Gasteiger partial charge in [-0.15, -0.1) is 0 Å². The smallest absolute Gasteiger partial charge is 0.244 e. The summed E-state index contributed by atoms with van der Waals surface area (Å²) < 4.78 is 0. The van der Waals surface area contributed by atoms with Crippen LogP contribution in [0.1, 0.15) is 44.9 Å². The van der Waals surface area contributed by atoms with Crippen molar-refractivity contribution < 1.29 is 4.79 Å². The molecule has 0 aliphatic heterocycles. The Balaban J connectivity index is 1.73. The number of aliphatic imine (C=N–C) groups is 1. The zero-order valence-corrected chi connectivity index (χ0v) is 15.0. The maximum absolute atomic E-state index is 12.5. The molecule has 3 rings (SSSR count). The average Bonchev–Trinajstić information content (AvgIpc) is 2.65. The molecular formula is C21H26N4O. The van der Waals surface area contributed by atoms with E-state index in [4.69, 9.17) is 16.1 Å². The number of nitrogens with one attached hydrogen (secondary N) is 2. The first-order valence-electron chi connectivity index (χ1n) is 9.31. The average molecular weight is 350 g/mol. The molecule has 0 heterocycles. The third-order valence-electron chi connectivity index (χ3n) is 4.95. The summed E-state index contributed by atoms with van der Waals surface area (Å²) in [6.07, 6.45) is 9.51. The number of carbonyl (C=O) groups excluding carboxylic acids is 1. The summed E-state index contributed by atoms with van der Waals surface area (Å²) >= 11 is 0. The van der Waals surface area contributed by atoms with Gasteiger partial charge in [-0.2, -0.15) is 0 Å². The minimum atomic E-state index is -0.142. The van der Waals surface area contributed by atoms with Gasteiger partial charge in [0.25, 0.3) is 0 Å². The Labute approximate surface area is 154 Å². The highest BCUT2D eigenvalue weighted by Gasteiger charge is 2.25. The van der Waals surface area contributed by atoms with Crippen molar-refractivity contribution >= 4 is 23.0 Å². The number of amides is 1. The van der Waals surface area contributed by atoms with Crippen molar-refractivity contribution in [3.8, 4) is 0 Å². The van der Waals surface area contributed by atoms with Crippen LogP contribution in [0.25, 0.3) is 0 Å². The molecule has 2 aliphatic rings. The molecule has 0 radical (unpaired) electrons. The van der Waals surface area contributed by atoms with Gasteiger partial charge >= 0.3 is 0 Å². The third kappa shape index (κ3) is 4.48. The first-order chi connectivity index (χ1) is 12.7. The highest BCUT2D eigenvalue weighted by molar-refractivity contribution is 6.06. The fourth-order valence-corrected chi connectivity index (χ4v) is 3.58. The highest BCUT2D eigenvalue weighted by atomic mass is 16.1. The molecule has 5 heteroatoms. The minimum Gasteiger partial charge on any atom is -0.404 e. The molecule has 0 spiro atoms. The number of nitrogens with zero attached hydrogens (tertiary/aromatic N) is 1. The van der Waals surface area contributed by atoms with E-state index < -0.39 is 0 Å². The maximum atomic E-state index is 12.5. The number of hydrogen-bond acceptors (Lipinski definition) is 4. The summed E-state index contributed by atoms with van der Waals surface area (Å²) in [6.45, 7) is 0. The van der Waals surface area contributed by atoms with Crippen LogP contribution in [0.4, 0.5) is 5.69 Å². The molecule has 136 valence electrons. The van der Waals surface area contributed by atoms with Gasteiger partial charge in [0.1, 0.15) is 0 Å². The number of benzene rings is 1. The Morgan fingerprint density at radius 1 is 1.15 bits per heavy atom. The van der Waals surface area contributed by atoms with Gasteiger partial charge in [-0.05, 0) is 62.7 Å². The van der Waals surface area contributed by atoms with E-state index in [9.17, 15) is 4.79 Å². The van der Waals surface area contributed by atoms with E-state index >= 15 is 0 Å². The second kappa shape index (κ2) is 8.61. The second-order valence-electron chi connectivity index (χ2n) is 6.82. The quantitative estimate of drug-likeness (QED) is 0.724. The molecule has 0 saturated heterocycles. The van der Waals surface area contributed by atoms with Gasteiger partial charge in [-0.25, -0.2) is 0 Å². The van der Waals surface area contributed by atoms with Gasteiger partial charge in [-0.1, -0.05) is 18.2 Å². The molecule has 2 saturated carbocycles. The number of allylic oxidation sites excluding steroid dienone is 1. The van der Waals surface area contributed by atoms with Crippen molar-refractivity contribution in [2.75, 3.05) is 0 Å². The molecule has 4 N–H and O–H groups in total. The molecule has 5 nitrogen and oxygen atoms in total. The van der Waals surface area contributed by atoms with Crippen LogP contribution in [0.3, 0.4) is 0 Å². The summed E-state index contributed by atoms with van der Waals surface area (Å²) in [5.74, 6) is -0.142. The summed E-state index contributed by atoms with van der Waals surface area (Å²) in [7, 11) is 0. The Morgan fingerprint density at radius 2 is 1.92 bits per heavy atom. The largest absolute Gasteiger partial charge is 0.404 e. The molecule has 26 heavy (non-hydrogen) atoms. The fraction of sp³-hybridized carbons (Fsp3) is 0.381. The second-order valence-corrected chi connectivity index (χ2v) is 6.82. The number of nitrogens with two attached hydrogens (primary N) is 1. The van der Waals surface area contributed by atoms with Crippen molar-refractivity contribution in [2.45, 2.75) is 51.0 Å². The molecule has 2 fully saturated rings. The molecule has 1 aromatic rings. The molecule has 1 aromatic carbocycles. The normalized spacial score (nSPS) is 25.6. The van der Waals surface area contributed by atoms with Crippen LogP contribution in [-0.4, -0.2) is 23.4 Å². The topological polar surface area (TPSA) is 91.3 Å². The Morgan fingerprint density at radius 3 is 2.65 bits per heavy atom. The van der Waals surface area contributed by atoms with Crippen LogP contribution in [0.5, 0.6) is 0 Å². The van der Waals surface area contributed by atoms with E-state index in [1.54, 1.807) is 12.3 Å². The molecule has 2 aliphatic carbocycles. The first-order valence-corrected chi connectivity index (χ1v) is 9.31. The Bertz CT molecular complexity index is 761. The van der Waals surface area contributed by atoms with Crippen LogP contribution >= 0.6 is 0 Å². The van der Waals surface area contributed by atoms with Gasteiger partial charge in [0, 0.05) is 29.3 Å². The predicted octanol–water partition coefficient (Wildman–Crippen LogP) is 3.79. The lowest BCUT2D eigenvalue weighted by Crippen LogP contribution is -2.40. The van der Waals surface area contributed by atoms with Crippen LogP contribution in [-0.2, 0) is 4.79 Å². The van der Waals surface area contributed by atoms with Crippen LogP contribution < -0.4 is 11.1 Å². The third-order valence-corrected chi connectivity index (χ3v) is 4.95. The SMILES string of the molecule is N=C1CCCC/C1=C\C(=O)NC1CCCC(=Nc2ccccc2)C1=CN. The zero-order valence-electron chi connectivity index (χ0n) is 15.0. The van der Waals surface area contributed by atoms with Gasteiger partial charge in [0.05, 0.1) is 11.7 Å². The van der Waals surface area contributed by atoms with E-state index in [0.29, 0.717) is 5.71 Å². The van der Waals surface area contributed by atoms with Gasteiger partial charge in [0.15, 0.2) is 0 Å². The van der Waals surface area contributed by atoms with Gasteiger partial charge < -0.3 is 16.5 Å². The number of para-hydroxylation sites is 1. The van der Waals surface area contributed by atoms with Crippen molar-refractivity contribution in [3.63, 3.8) is 0 Å². The van der Waals surface area contributed by atoms with Crippen molar-refractivity contribution in [1.82, 2.24) is 5.32 Å². The van der Waals surface area contributed by atoms with Crippen molar-refractivity contribution in [2.24, 2.45) is 10.7 Å². The van der Waals surface area contributed by atoms with E-state index in [0.717, 1.165) is 67.5 Å². The lowest BCUT2D eigenvalue weighted by Gasteiger charge is -2.27. The van der Waals surface area contributed by atoms with Gasteiger partial charge in [-0.3, -0.25) is 9.79 Å². The molecule has 0 aromatic heterocycles. The fourth-order valence-electron chi connectivity index (χ4n) is 3.58. The van der Waals surface area contributed by atoms with Gasteiger partial charge in [0.2, 0.25) is 5.91 Å². The van der Waals surface area contributed by atoms with Crippen molar-refractivity contribution in [3.05, 3.63) is 53.8 Å². The van der Waals surface area contributed by atoms with Crippen molar-refractivity contribution in [1.29, 1.82) is 5.41 Å². The molecule has 1 atom stereocenters. The standard InChI is InChI=1S/C21H26N4O/c22-14-17-19(24-16-8-2-1-3-9-16)11-6-12-20(17)25-21(26)13-15-7-4-5-10-18(15)23/h1-3,8-9,13-14,20,23H,4-7,10-12,22H2,(H,25,26)/b15-13+,17-14?,23-18?,24-19?. The predicted molar refractivity (Wildman–Crippen MR) is 106 cm³/mol. The Hall–Kier alpha value is -2.69. The lowest BCUT2D eigenvalue weighted by atomic mass is 9.88. The van der Waals surface area contributed by atoms with E-state index in [2.05, 4.69) is 5.32 Å². The first kappa shape index (κ1) is 18.1. The highest BCUT2D eigenvalue weighted by Crippen LogP contribution is 2.25. The number of rotatable bonds is 3. The molecule has 1 amide bonds. The van der Waals surface area contributed by atoms with E-state index in [-0.39, 0.29) is 11.9 Å². The summed E-state index contributed by atoms with van der Waals surface area (Å²) in [4.78, 5) is 17.2. The zero-order chi connectivity index (χ0) is 18.4. The summed E-state index contributed by atoms with van der Waals surface area (Å²) in [6, 6.07) is 9.67. The van der Waals surface area contributed by atoms with E-state index in [1.807, 2.05) is 30.3 Å². The monoisotopic (exact) mass is 350 g/mol. The lowest BCUT2D eigenvalue weighted by molar-refractivity contribution is -0.117. The summed E-state index contributed by atoms with van der Waals surface area (Å²) in [5, 5.41) is 11.1. The van der Waals surface area contributed by atoms with Crippen LogP contribution in [0, 0.1) is 5.41 Å². The summed E-state index contributed by atoms with van der Waals surface area (Å²) in [5.41, 5.74) is 10.1. The van der Waals surface area contributed by atoms with E-state index in [1.165, 1.54) is 0 Å². The van der Waals surface area contributed by atoms with Crippen LogP contribution in [0.15, 0.2) is 58.7 Å². The maximum Gasteiger partial charge on any atom is 0.244 e.